The second kappa shape index (κ2) is 7.89. The van der Waals surface area contributed by atoms with Gasteiger partial charge in [-0.15, -0.1) is 0 Å². The van der Waals surface area contributed by atoms with E-state index in [0.717, 1.165) is 23.8 Å². The highest BCUT2D eigenvalue weighted by Gasteiger charge is 2.45. The molecule has 3 rings (SSSR count). The smallest absolute Gasteiger partial charge is 0.326 e. The average molecular weight is 400 g/mol. The predicted molar refractivity (Wildman–Crippen MR) is 112 cm³/mol. The molecular formula is C22H25NO4S. The van der Waals surface area contributed by atoms with E-state index >= 15 is 0 Å². The van der Waals surface area contributed by atoms with Crippen molar-refractivity contribution in [3.63, 3.8) is 0 Å². The molecule has 0 radical (unpaired) electrons. The van der Waals surface area contributed by atoms with Crippen molar-refractivity contribution in [1.29, 1.82) is 0 Å². The summed E-state index contributed by atoms with van der Waals surface area (Å²) in [6, 6.07) is 18.6. The molecule has 1 atom stereocenters. The lowest BCUT2D eigenvalue weighted by Gasteiger charge is -2.33. The van der Waals surface area contributed by atoms with Crippen LogP contribution in [0.15, 0.2) is 60.7 Å². The average Bonchev–Trinajstić information content (AvgIpc) is 2.68. The highest BCUT2D eigenvalue weighted by molar-refractivity contribution is 7.92. The van der Waals surface area contributed by atoms with Gasteiger partial charge in [-0.2, -0.15) is 0 Å². The Morgan fingerprint density at radius 3 is 2.11 bits per heavy atom. The molecule has 1 unspecified atom stereocenters. The number of hydrogen-bond donors (Lipinski definition) is 1. The minimum Gasteiger partial charge on any atom is -0.480 e. The lowest BCUT2D eigenvalue weighted by molar-refractivity contribution is -0.140. The highest BCUT2D eigenvalue weighted by Crippen LogP contribution is 2.27. The Bertz CT molecular complexity index is 981. The molecule has 0 aliphatic carbocycles. The standard InChI is InChI=1S/C22H25NO4S/c1-22(21(24)25,28(2,26)27)16-23-14-12-20(13-15-23)19-10-8-18(9-11-19)17-6-4-3-5-7-17/h3-12H,13-16H2,1-2H3,(H,24,25). The molecule has 1 N–H and O–H groups in total. The second-order valence-corrected chi connectivity index (χ2v) is 9.91. The monoisotopic (exact) mass is 399 g/mol. The van der Waals surface area contributed by atoms with Crippen molar-refractivity contribution < 1.29 is 18.3 Å². The van der Waals surface area contributed by atoms with Gasteiger partial charge in [-0.3, -0.25) is 9.69 Å². The Hall–Kier alpha value is -2.44. The largest absolute Gasteiger partial charge is 0.480 e. The van der Waals surface area contributed by atoms with Gasteiger partial charge in [-0.1, -0.05) is 60.7 Å². The zero-order valence-corrected chi connectivity index (χ0v) is 16.9. The molecular weight excluding hydrogens is 374 g/mol. The molecule has 2 aromatic carbocycles. The third kappa shape index (κ3) is 4.18. The van der Waals surface area contributed by atoms with E-state index in [-0.39, 0.29) is 6.54 Å². The van der Waals surface area contributed by atoms with E-state index in [1.807, 2.05) is 23.1 Å². The van der Waals surface area contributed by atoms with Gasteiger partial charge in [0.1, 0.15) is 0 Å². The fourth-order valence-electron chi connectivity index (χ4n) is 3.39. The topological polar surface area (TPSA) is 74.7 Å². The van der Waals surface area contributed by atoms with Crippen molar-refractivity contribution in [2.24, 2.45) is 0 Å². The van der Waals surface area contributed by atoms with E-state index in [1.54, 1.807) is 0 Å². The summed E-state index contributed by atoms with van der Waals surface area (Å²) in [6.45, 7) is 2.43. The van der Waals surface area contributed by atoms with Crippen LogP contribution < -0.4 is 0 Å². The number of carbonyl (C=O) groups is 1. The van der Waals surface area contributed by atoms with E-state index in [1.165, 1.54) is 18.1 Å². The number of rotatable bonds is 6. The number of hydrogen-bond acceptors (Lipinski definition) is 4. The van der Waals surface area contributed by atoms with Gasteiger partial charge in [0, 0.05) is 25.9 Å². The molecule has 0 bridgehead atoms. The van der Waals surface area contributed by atoms with Crippen LogP contribution in [0.4, 0.5) is 0 Å². The van der Waals surface area contributed by atoms with Crippen LogP contribution in [0.1, 0.15) is 18.9 Å². The summed E-state index contributed by atoms with van der Waals surface area (Å²) in [7, 11) is -3.72. The minimum atomic E-state index is -3.72. The van der Waals surface area contributed by atoms with E-state index in [4.69, 9.17) is 0 Å². The van der Waals surface area contributed by atoms with Gasteiger partial charge in [0.05, 0.1) is 0 Å². The van der Waals surface area contributed by atoms with Crippen LogP contribution in [0.2, 0.25) is 0 Å². The summed E-state index contributed by atoms with van der Waals surface area (Å²) >= 11 is 0. The van der Waals surface area contributed by atoms with Crippen molar-refractivity contribution in [1.82, 2.24) is 4.90 Å². The molecule has 5 nitrogen and oxygen atoms in total. The van der Waals surface area contributed by atoms with Gasteiger partial charge in [0.15, 0.2) is 14.6 Å². The summed E-state index contributed by atoms with van der Waals surface area (Å²) in [5, 5.41) is 9.43. The van der Waals surface area contributed by atoms with Crippen molar-refractivity contribution in [3.05, 3.63) is 66.2 Å². The maximum atomic E-state index is 12.0. The van der Waals surface area contributed by atoms with E-state index in [9.17, 15) is 18.3 Å². The molecule has 6 heteroatoms. The molecule has 148 valence electrons. The number of carboxylic acids is 1. The van der Waals surface area contributed by atoms with Gasteiger partial charge >= 0.3 is 5.97 Å². The van der Waals surface area contributed by atoms with Crippen LogP contribution in [-0.2, 0) is 14.6 Å². The quantitative estimate of drug-likeness (QED) is 0.806. The number of sulfone groups is 1. The van der Waals surface area contributed by atoms with Crippen molar-refractivity contribution in [3.8, 4) is 11.1 Å². The van der Waals surface area contributed by atoms with Crippen molar-refractivity contribution >= 4 is 21.4 Å². The van der Waals surface area contributed by atoms with Crippen LogP contribution in [0.3, 0.4) is 0 Å². The van der Waals surface area contributed by atoms with E-state index in [2.05, 4.69) is 42.5 Å². The lowest BCUT2D eigenvalue weighted by Crippen LogP contribution is -2.52. The zero-order chi connectivity index (χ0) is 20.4. The fourth-order valence-corrected chi connectivity index (χ4v) is 4.13. The van der Waals surface area contributed by atoms with Crippen molar-refractivity contribution in [2.45, 2.75) is 18.1 Å². The first-order valence-electron chi connectivity index (χ1n) is 9.21. The van der Waals surface area contributed by atoms with Crippen LogP contribution >= 0.6 is 0 Å². The predicted octanol–water partition coefficient (Wildman–Crippen LogP) is 3.33. The van der Waals surface area contributed by atoms with E-state index in [0.29, 0.717) is 13.1 Å². The fraction of sp³-hybridized carbons (Fsp3) is 0.318. The lowest BCUT2D eigenvalue weighted by atomic mass is 9.96. The van der Waals surface area contributed by atoms with Gasteiger partial charge in [0.2, 0.25) is 0 Å². The summed E-state index contributed by atoms with van der Waals surface area (Å²) in [6.07, 6.45) is 3.80. The van der Waals surface area contributed by atoms with Crippen LogP contribution in [-0.4, -0.2) is 55.0 Å². The Morgan fingerprint density at radius 1 is 1.04 bits per heavy atom. The highest BCUT2D eigenvalue weighted by atomic mass is 32.2. The molecule has 0 amide bonds. The normalized spacial score (nSPS) is 17.6. The van der Waals surface area contributed by atoms with Crippen LogP contribution in [0.25, 0.3) is 16.7 Å². The van der Waals surface area contributed by atoms with Crippen LogP contribution in [0, 0.1) is 0 Å². The summed E-state index contributed by atoms with van der Waals surface area (Å²) < 4.78 is 22.2. The molecule has 0 fully saturated rings. The van der Waals surface area contributed by atoms with Crippen molar-refractivity contribution in [2.75, 3.05) is 25.9 Å². The van der Waals surface area contributed by atoms with E-state index < -0.39 is 20.6 Å². The molecule has 0 aromatic heterocycles. The number of aliphatic carboxylic acids is 1. The minimum absolute atomic E-state index is 0.0160. The maximum absolute atomic E-state index is 12.0. The molecule has 1 aliphatic rings. The number of carboxylic acid groups (broad SMARTS) is 1. The molecule has 0 saturated heterocycles. The molecule has 1 aliphatic heterocycles. The molecule has 0 spiro atoms. The summed E-state index contributed by atoms with van der Waals surface area (Å²) in [5.74, 6) is -1.30. The summed E-state index contributed by atoms with van der Waals surface area (Å²) in [5.41, 5.74) is 4.68. The zero-order valence-electron chi connectivity index (χ0n) is 16.1. The Morgan fingerprint density at radius 2 is 1.61 bits per heavy atom. The van der Waals surface area contributed by atoms with Gasteiger partial charge in [0.25, 0.3) is 0 Å². The molecule has 0 saturated carbocycles. The number of benzene rings is 2. The second-order valence-electron chi connectivity index (χ2n) is 7.47. The Balaban J connectivity index is 1.71. The molecule has 28 heavy (non-hydrogen) atoms. The first-order chi connectivity index (χ1) is 13.2. The Labute approximate surface area is 166 Å². The Kier molecular flexibility index (Phi) is 5.72. The van der Waals surface area contributed by atoms with Gasteiger partial charge in [-0.25, -0.2) is 8.42 Å². The molecule has 2 aromatic rings. The third-order valence-electron chi connectivity index (χ3n) is 5.45. The SMILES string of the molecule is CC(CN1CC=C(c2ccc(-c3ccccc3)cc2)CC1)(C(=O)O)S(C)(=O)=O. The van der Waals surface area contributed by atoms with Crippen LogP contribution in [0.5, 0.6) is 0 Å². The maximum Gasteiger partial charge on any atom is 0.326 e. The van der Waals surface area contributed by atoms with Gasteiger partial charge < -0.3 is 5.11 Å². The summed E-state index contributed by atoms with van der Waals surface area (Å²) in [4.78, 5) is 13.4. The molecule has 1 heterocycles. The van der Waals surface area contributed by atoms with Gasteiger partial charge in [-0.05, 0) is 35.6 Å². The first kappa shape index (κ1) is 20.3. The number of nitrogens with zero attached hydrogens (tertiary/aromatic N) is 1. The first-order valence-corrected chi connectivity index (χ1v) is 11.1. The third-order valence-corrected chi connectivity index (χ3v) is 7.39.